The van der Waals surface area contributed by atoms with Crippen LogP contribution in [0.25, 0.3) is 0 Å². The van der Waals surface area contributed by atoms with Crippen LogP contribution in [0.15, 0.2) is 18.2 Å². The number of nitro benzene ring substituents is 2. The zero-order valence-electron chi connectivity index (χ0n) is 8.42. The average molecular weight is 266 g/mol. The topological polar surface area (TPSA) is 107 Å². The molecule has 1 N–H and O–H groups in total. The zero-order chi connectivity index (χ0) is 14.1. The fourth-order valence-electron chi connectivity index (χ4n) is 1.21. The molecule has 0 amide bonds. The maximum atomic E-state index is 12.2. The van der Waals surface area contributed by atoms with Crippen molar-refractivity contribution >= 4 is 11.4 Å². The third-order valence-electron chi connectivity index (χ3n) is 2.03. The molecule has 1 aromatic rings. The van der Waals surface area contributed by atoms with Crippen molar-refractivity contribution in [1.29, 1.82) is 0 Å². The third-order valence-corrected chi connectivity index (χ3v) is 2.03. The number of aliphatic hydroxyl groups is 1. The van der Waals surface area contributed by atoms with Crippen molar-refractivity contribution in [3.63, 3.8) is 0 Å². The van der Waals surface area contributed by atoms with Gasteiger partial charge in [-0.05, 0) is 6.07 Å². The molecule has 0 aromatic heterocycles. The molecule has 0 aliphatic heterocycles. The third kappa shape index (κ3) is 2.71. The molecule has 0 radical (unpaired) electrons. The van der Waals surface area contributed by atoms with Gasteiger partial charge < -0.3 is 5.11 Å². The van der Waals surface area contributed by atoms with E-state index in [4.69, 9.17) is 5.11 Å². The van der Waals surface area contributed by atoms with E-state index in [1.165, 1.54) is 0 Å². The molecule has 18 heavy (non-hydrogen) atoms. The molecule has 1 aromatic carbocycles. The molecule has 1 unspecified atom stereocenters. The molecule has 0 aliphatic rings. The highest BCUT2D eigenvalue weighted by atomic mass is 19.4. The lowest BCUT2D eigenvalue weighted by molar-refractivity contribution is -0.395. The van der Waals surface area contributed by atoms with Gasteiger partial charge in [0.15, 0.2) is 6.10 Å². The molecule has 0 spiro atoms. The lowest BCUT2D eigenvalue weighted by atomic mass is 10.1. The summed E-state index contributed by atoms with van der Waals surface area (Å²) in [5.41, 5.74) is -2.94. The van der Waals surface area contributed by atoms with Gasteiger partial charge >= 0.3 is 6.18 Å². The Morgan fingerprint density at radius 3 is 2.11 bits per heavy atom. The molecule has 0 saturated carbocycles. The van der Waals surface area contributed by atoms with Crippen LogP contribution in [0.5, 0.6) is 0 Å². The van der Waals surface area contributed by atoms with E-state index in [0.29, 0.717) is 18.2 Å². The fraction of sp³-hybridized carbons (Fsp3) is 0.250. The molecule has 7 nitrogen and oxygen atoms in total. The minimum Gasteiger partial charge on any atom is -0.379 e. The van der Waals surface area contributed by atoms with E-state index < -0.39 is 39.1 Å². The number of hydrogen-bond acceptors (Lipinski definition) is 5. The first-order valence-electron chi connectivity index (χ1n) is 4.32. The number of aliphatic hydroxyl groups excluding tert-OH is 1. The lowest BCUT2D eigenvalue weighted by Gasteiger charge is -2.14. The summed E-state index contributed by atoms with van der Waals surface area (Å²) in [6.45, 7) is 0. The van der Waals surface area contributed by atoms with Crippen LogP contribution < -0.4 is 0 Å². The van der Waals surface area contributed by atoms with Gasteiger partial charge in [-0.25, -0.2) is 0 Å². The molecule has 0 heterocycles. The quantitative estimate of drug-likeness (QED) is 0.665. The average Bonchev–Trinajstić information content (AvgIpc) is 2.25. The van der Waals surface area contributed by atoms with E-state index in [1.807, 2.05) is 0 Å². The Kier molecular flexibility index (Phi) is 3.51. The Morgan fingerprint density at radius 2 is 1.72 bits per heavy atom. The summed E-state index contributed by atoms with van der Waals surface area (Å²) in [7, 11) is 0. The molecule has 0 saturated heterocycles. The van der Waals surface area contributed by atoms with Gasteiger partial charge in [-0.15, -0.1) is 0 Å². The first-order valence-corrected chi connectivity index (χ1v) is 4.32. The Bertz CT molecular complexity index is 502. The largest absolute Gasteiger partial charge is 0.418 e. The minimum atomic E-state index is -5.10. The van der Waals surface area contributed by atoms with Gasteiger partial charge in [0, 0.05) is 6.07 Å². The Labute approximate surface area is 96.8 Å². The normalized spacial score (nSPS) is 13.1. The number of halogens is 3. The predicted molar refractivity (Wildman–Crippen MR) is 50.8 cm³/mol. The van der Waals surface area contributed by atoms with Crippen LogP contribution in [-0.2, 0) is 0 Å². The first kappa shape index (κ1) is 13.8. The summed E-state index contributed by atoms with van der Waals surface area (Å²) >= 11 is 0. The van der Waals surface area contributed by atoms with Crippen LogP contribution >= 0.6 is 0 Å². The van der Waals surface area contributed by atoms with Crippen molar-refractivity contribution in [2.24, 2.45) is 0 Å². The minimum absolute atomic E-state index is 0.365. The first-order chi connectivity index (χ1) is 8.14. The van der Waals surface area contributed by atoms with Crippen LogP contribution in [0.3, 0.4) is 0 Å². The van der Waals surface area contributed by atoms with Gasteiger partial charge in [-0.2, -0.15) is 13.2 Å². The summed E-state index contributed by atoms with van der Waals surface area (Å²) in [6, 6.07) is 1.52. The van der Waals surface area contributed by atoms with E-state index in [2.05, 4.69) is 0 Å². The summed E-state index contributed by atoms with van der Waals surface area (Å²) in [5, 5.41) is 29.8. The lowest BCUT2D eigenvalue weighted by Crippen LogP contribution is -2.21. The number of rotatable bonds is 3. The molecule has 1 atom stereocenters. The maximum absolute atomic E-state index is 12.2. The van der Waals surface area contributed by atoms with Gasteiger partial charge in [0.25, 0.3) is 11.4 Å². The van der Waals surface area contributed by atoms with E-state index in [0.717, 1.165) is 0 Å². The number of non-ortho nitro benzene ring substituents is 1. The Hall–Kier alpha value is -2.23. The molecule has 0 fully saturated rings. The number of alkyl halides is 3. The highest BCUT2D eigenvalue weighted by molar-refractivity contribution is 5.50. The van der Waals surface area contributed by atoms with Crippen molar-refractivity contribution < 1.29 is 28.1 Å². The SMILES string of the molecule is O=[N+]([O-])c1ccc(C(O)C(F)(F)F)c([N+](=O)[O-])c1. The maximum Gasteiger partial charge on any atom is 0.418 e. The van der Waals surface area contributed by atoms with Gasteiger partial charge in [0.05, 0.1) is 21.5 Å². The van der Waals surface area contributed by atoms with Crippen LogP contribution in [0.2, 0.25) is 0 Å². The van der Waals surface area contributed by atoms with E-state index in [1.54, 1.807) is 0 Å². The van der Waals surface area contributed by atoms with Crippen LogP contribution in [-0.4, -0.2) is 21.1 Å². The van der Waals surface area contributed by atoms with Crippen molar-refractivity contribution in [3.8, 4) is 0 Å². The summed E-state index contributed by atoms with van der Waals surface area (Å²) in [6.07, 6.45) is -8.17. The number of nitro groups is 2. The highest BCUT2D eigenvalue weighted by Gasteiger charge is 2.43. The second-order valence-electron chi connectivity index (χ2n) is 3.20. The molecule has 98 valence electrons. The monoisotopic (exact) mass is 266 g/mol. The van der Waals surface area contributed by atoms with Crippen LogP contribution in [0, 0.1) is 20.2 Å². The Balaban J connectivity index is 3.37. The van der Waals surface area contributed by atoms with Crippen LogP contribution in [0.4, 0.5) is 24.5 Å². The fourth-order valence-corrected chi connectivity index (χ4v) is 1.21. The van der Waals surface area contributed by atoms with Crippen molar-refractivity contribution in [1.82, 2.24) is 0 Å². The molecular weight excluding hydrogens is 261 g/mol. The molecule has 0 bridgehead atoms. The smallest absolute Gasteiger partial charge is 0.379 e. The zero-order valence-corrected chi connectivity index (χ0v) is 8.42. The van der Waals surface area contributed by atoms with E-state index >= 15 is 0 Å². The summed E-state index contributed by atoms with van der Waals surface area (Å²) in [4.78, 5) is 18.7. The molecule has 1 rings (SSSR count). The standard InChI is InChI=1S/C8H5F3N2O5/c9-8(10,11)7(14)5-2-1-4(12(15)16)3-6(5)13(17)18/h1-3,7,14H. The van der Waals surface area contributed by atoms with E-state index in [-0.39, 0.29) is 0 Å². The van der Waals surface area contributed by atoms with Gasteiger partial charge in [-0.1, -0.05) is 0 Å². The van der Waals surface area contributed by atoms with E-state index in [9.17, 15) is 33.4 Å². The van der Waals surface area contributed by atoms with Crippen molar-refractivity contribution in [3.05, 3.63) is 44.0 Å². The summed E-state index contributed by atoms with van der Waals surface area (Å²) < 4.78 is 36.7. The van der Waals surface area contributed by atoms with Gasteiger partial charge in [0.2, 0.25) is 0 Å². The number of hydrogen-bond donors (Lipinski definition) is 1. The molecule has 0 aliphatic carbocycles. The van der Waals surface area contributed by atoms with Crippen LogP contribution in [0.1, 0.15) is 11.7 Å². The van der Waals surface area contributed by atoms with Gasteiger partial charge in [-0.3, -0.25) is 20.2 Å². The second-order valence-corrected chi connectivity index (χ2v) is 3.20. The number of benzene rings is 1. The predicted octanol–water partition coefficient (Wildman–Crippen LogP) is 2.10. The van der Waals surface area contributed by atoms with Gasteiger partial charge in [0.1, 0.15) is 0 Å². The second kappa shape index (κ2) is 4.56. The highest BCUT2D eigenvalue weighted by Crippen LogP contribution is 2.38. The molecule has 10 heteroatoms. The van der Waals surface area contributed by atoms with Crippen molar-refractivity contribution in [2.45, 2.75) is 12.3 Å². The number of nitrogens with zero attached hydrogens (tertiary/aromatic N) is 2. The summed E-state index contributed by atoms with van der Waals surface area (Å²) in [5.74, 6) is 0. The molecular formula is C8H5F3N2O5. The van der Waals surface area contributed by atoms with Crippen molar-refractivity contribution in [2.75, 3.05) is 0 Å². The Morgan fingerprint density at radius 1 is 1.17 bits per heavy atom.